The maximum absolute atomic E-state index is 11.8. The summed E-state index contributed by atoms with van der Waals surface area (Å²) in [5.41, 5.74) is 2.96. The minimum absolute atomic E-state index is 0.00338. The SMILES string of the molecule is CC(=O)CCC(=O)Nc1ccc(-c2nc3c(Cl)c(C(C)C)[nH]n3n2)cc1. The Bertz CT molecular complexity index is 956. The van der Waals surface area contributed by atoms with E-state index in [-0.39, 0.29) is 30.4 Å². The molecule has 3 aromatic rings. The van der Waals surface area contributed by atoms with Gasteiger partial charge < -0.3 is 10.1 Å². The zero-order valence-electron chi connectivity index (χ0n) is 14.8. The summed E-state index contributed by atoms with van der Waals surface area (Å²) in [7, 11) is 0. The van der Waals surface area contributed by atoms with Crippen LogP contribution in [0, 0.1) is 0 Å². The first-order chi connectivity index (χ1) is 12.3. The van der Waals surface area contributed by atoms with E-state index in [1.54, 1.807) is 16.8 Å². The van der Waals surface area contributed by atoms with Crippen LogP contribution in [0.15, 0.2) is 24.3 Å². The summed E-state index contributed by atoms with van der Waals surface area (Å²) in [5.74, 6) is 0.606. The molecule has 1 amide bonds. The number of benzene rings is 1. The maximum atomic E-state index is 11.8. The van der Waals surface area contributed by atoms with E-state index in [1.165, 1.54) is 6.92 Å². The van der Waals surface area contributed by atoms with Crippen LogP contribution in [-0.2, 0) is 9.59 Å². The quantitative estimate of drug-likeness (QED) is 0.687. The zero-order chi connectivity index (χ0) is 18.8. The zero-order valence-corrected chi connectivity index (χ0v) is 15.6. The number of amides is 1. The molecule has 2 aromatic heterocycles. The van der Waals surface area contributed by atoms with Gasteiger partial charge in [0.25, 0.3) is 0 Å². The molecule has 2 heterocycles. The van der Waals surface area contributed by atoms with E-state index in [9.17, 15) is 9.59 Å². The second-order valence-electron chi connectivity index (χ2n) is 6.49. The highest BCUT2D eigenvalue weighted by molar-refractivity contribution is 6.34. The molecular weight excluding hydrogens is 354 g/mol. The molecule has 0 spiro atoms. The number of nitrogens with one attached hydrogen (secondary N) is 2. The number of hydrogen-bond acceptors (Lipinski definition) is 4. The molecule has 0 unspecified atom stereocenters. The van der Waals surface area contributed by atoms with Crippen LogP contribution < -0.4 is 5.32 Å². The summed E-state index contributed by atoms with van der Waals surface area (Å²) in [5, 5.41) is 10.9. The van der Waals surface area contributed by atoms with Gasteiger partial charge in [-0.2, -0.15) is 4.63 Å². The summed E-state index contributed by atoms with van der Waals surface area (Å²) in [6, 6.07) is 7.20. The summed E-state index contributed by atoms with van der Waals surface area (Å²) in [6.07, 6.45) is 0.425. The van der Waals surface area contributed by atoms with Crippen molar-refractivity contribution in [2.45, 2.75) is 39.5 Å². The molecule has 1 aromatic carbocycles. The van der Waals surface area contributed by atoms with E-state index in [1.807, 2.05) is 26.0 Å². The number of Topliss-reactive ketones (excluding diaryl/α,β-unsaturated/α-hetero) is 1. The molecule has 0 radical (unpaired) electrons. The predicted octanol–water partition coefficient (Wildman–Crippen LogP) is 3.81. The second-order valence-corrected chi connectivity index (χ2v) is 6.87. The Balaban J connectivity index is 1.75. The molecule has 7 nitrogen and oxygen atoms in total. The van der Waals surface area contributed by atoms with E-state index in [0.717, 1.165) is 11.3 Å². The van der Waals surface area contributed by atoms with Crippen molar-refractivity contribution in [2.24, 2.45) is 0 Å². The fourth-order valence-electron chi connectivity index (χ4n) is 2.54. The van der Waals surface area contributed by atoms with E-state index in [2.05, 4.69) is 20.5 Å². The molecule has 2 N–H and O–H groups in total. The summed E-state index contributed by atoms with van der Waals surface area (Å²) in [6.45, 7) is 5.56. The Kier molecular flexibility index (Phi) is 5.08. The van der Waals surface area contributed by atoms with Gasteiger partial charge in [0, 0.05) is 24.1 Å². The molecule has 0 aliphatic heterocycles. The van der Waals surface area contributed by atoms with E-state index >= 15 is 0 Å². The van der Waals surface area contributed by atoms with Gasteiger partial charge in [0.05, 0.1) is 5.69 Å². The number of halogens is 1. The van der Waals surface area contributed by atoms with Gasteiger partial charge in [-0.3, -0.25) is 9.89 Å². The van der Waals surface area contributed by atoms with Crippen LogP contribution in [0.3, 0.4) is 0 Å². The lowest BCUT2D eigenvalue weighted by atomic mass is 10.1. The average Bonchev–Trinajstić information content (AvgIpc) is 3.13. The minimum Gasteiger partial charge on any atom is -0.326 e. The van der Waals surface area contributed by atoms with Crippen molar-refractivity contribution in [2.75, 3.05) is 5.32 Å². The molecular formula is C18H20ClN5O2. The molecule has 3 rings (SSSR count). The Hall–Kier alpha value is -2.67. The van der Waals surface area contributed by atoms with Gasteiger partial charge in [0.15, 0.2) is 11.5 Å². The monoisotopic (exact) mass is 373 g/mol. The first kappa shape index (κ1) is 18.1. The predicted molar refractivity (Wildman–Crippen MR) is 100 cm³/mol. The Labute approximate surface area is 155 Å². The summed E-state index contributed by atoms with van der Waals surface area (Å²) >= 11 is 6.36. The van der Waals surface area contributed by atoms with Gasteiger partial charge in [-0.1, -0.05) is 25.4 Å². The maximum Gasteiger partial charge on any atom is 0.224 e. The second kappa shape index (κ2) is 7.29. The Morgan fingerprint density at radius 1 is 1.23 bits per heavy atom. The number of nitrogens with zero attached hydrogens (tertiary/aromatic N) is 3. The molecule has 0 saturated carbocycles. The van der Waals surface area contributed by atoms with Crippen LogP contribution in [0.25, 0.3) is 17.0 Å². The van der Waals surface area contributed by atoms with Crippen LogP contribution in [0.2, 0.25) is 5.02 Å². The van der Waals surface area contributed by atoms with Crippen molar-refractivity contribution in [1.82, 2.24) is 19.8 Å². The largest absolute Gasteiger partial charge is 0.326 e. The topological polar surface area (TPSA) is 92.1 Å². The van der Waals surface area contributed by atoms with Crippen LogP contribution in [-0.4, -0.2) is 31.5 Å². The number of aromatic amines is 1. The molecule has 26 heavy (non-hydrogen) atoms. The number of hydrogen-bond donors (Lipinski definition) is 2. The van der Waals surface area contributed by atoms with Crippen molar-refractivity contribution >= 4 is 34.6 Å². The highest BCUT2D eigenvalue weighted by Crippen LogP contribution is 2.28. The third-order valence-corrected chi connectivity index (χ3v) is 4.35. The van der Waals surface area contributed by atoms with Crippen LogP contribution in [0.1, 0.15) is 45.2 Å². The fourth-order valence-corrected chi connectivity index (χ4v) is 2.92. The molecule has 0 aliphatic carbocycles. The number of rotatable bonds is 6. The normalized spacial score (nSPS) is 11.3. The fraction of sp³-hybridized carbons (Fsp3) is 0.333. The van der Waals surface area contributed by atoms with Gasteiger partial charge >= 0.3 is 0 Å². The molecule has 8 heteroatoms. The van der Waals surface area contributed by atoms with Crippen LogP contribution in [0.5, 0.6) is 0 Å². The van der Waals surface area contributed by atoms with Crippen molar-refractivity contribution in [3.05, 3.63) is 35.0 Å². The van der Waals surface area contributed by atoms with Crippen LogP contribution in [0.4, 0.5) is 5.69 Å². The molecule has 0 saturated heterocycles. The van der Waals surface area contributed by atoms with Crippen molar-refractivity contribution < 1.29 is 9.59 Å². The van der Waals surface area contributed by atoms with Gasteiger partial charge in [-0.05, 0) is 37.1 Å². The van der Waals surface area contributed by atoms with E-state index in [0.29, 0.717) is 22.2 Å². The number of aromatic nitrogens is 4. The molecule has 0 atom stereocenters. The summed E-state index contributed by atoms with van der Waals surface area (Å²) in [4.78, 5) is 27.2. The van der Waals surface area contributed by atoms with Gasteiger partial charge in [0.2, 0.25) is 5.91 Å². The molecule has 0 fully saturated rings. The number of carbonyl (C=O) groups excluding carboxylic acids is 2. The summed E-state index contributed by atoms with van der Waals surface area (Å²) < 4.78 is 1.57. The Morgan fingerprint density at radius 3 is 2.50 bits per heavy atom. The van der Waals surface area contributed by atoms with Crippen LogP contribution >= 0.6 is 11.6 Å². The lowest BCUT2D eigenvalue weighted by Gasteiger charge is -2.05. The van der Waals surface area contributed by atoms with Crippen molar-refractivity contribution in [3.63, 3.8) is 0 Å². The number of H-pyrrole nitrogens is 1. The van der Waals surface area contributed by atoms with E-state index in [4.69, 9.17) is 11.6 Å². The van der Waals surface area contributed by atoms with Gasteiger partial charge in [-0.15, -0.1) is 5.10 Å². The lowest BCUT2D eigenvalue weighted by Crippen LogP contribution is -2.12. The van der Waals surface area contributed by atoms with Gasteiger partial charge in [-0.25, -0.2) is 4.98 Å². The first-order valence-electron chi connectivity index (χ1n) is 8.39. The minimum atomic E-state index is -0.186. The smallest absolute Gasteiger partial charge is 0.224 e. The van der Waals surface area contributed by atoms with E-state index < -0.39 is 0 Å². The first-order valence-corrected chi connectivity index (χ1v) is 8.77. The number of anilines is 1. The number of fused-ring (bicyclic) bond motifs is 1. The Morgan fingerprint density at radius 2 is 1.92 bits per heavy atom. The number of ketones is 1. The number of carbonyl (C=O) groups is 2. The van der Waals surface area contributed by atoms with Crippen molar-refractivity contribution in [3.8, 4) is 11.4 Å². The molecule has 0 bridgehead atoms. The van der Waals surface area contributed by atoms with Gasteiger partial charge in [0.1, 0.15) is 10.8 Å². The average molecular weight is 374 g/mol. The lowest BCUT2D eigenvalue weighted by molar-refractivity contribution is -0.121. The van der Waals surface area contributed by atoms with Crippen molar-refractivity contribution in [1.29, 1.82) is 0 Å². The highest BCUT2D eigenvalue weighted by atomic mass is 35.5. The molecule has 136 valence electrons. The highest BCUT2D eigenvalue weighted by Gasteiger charge is 2.17. The molecule has 0 aliphatic rings. The third-order valence-electron chi connectivity index (χ3n) is 3.97. The third kappa shape index (κ3) is 3.77. The standard InChI is InChI=1S/C18H20ClN5O2/c1-10(2)16-15(19)18-21-17(23-24(18)22-16)12-5-7-13(8-6-12)20-14(26)9-4-11(3)25/h5-8,10,22H,4,9H2,1-3H3,(H,20,26).